The molecule has 0 radical (unpaired) electrons. The summed E-state index contributed by atoms with van der Waals surface area (Å²) in [6.45, 7) is 5.44. The fourth-order valence-electron chi connectivity index (χ4n) is 1.71. The number of rotatable bonds is 6. The van der Waals surface area contributed by atoms with Crippen LogP contribution in [0.15, 0.2) is 6.20 Å². The number of nitrogens with zero attached hydrogens (tertiary/aromatic N) is 2. The van der Waals surface area contributed by atoms with E-state index in [0.29, 0.717) is 6.42 Å². The fraction of sp³-hybridized carbons (Fsp3) is 0.769. The van der Waals surface area contributed by atoms with Crippen LogP contribution >= 0.6 is 11.3 Å². The first-order valence-corrected chi connectivity index (χ1v) is 7.28. The molecule has 0 atom stereocenters. The molecule has 0 bridgehead atoms. The summed E-state index contributed by atoms with van der Waals surface area (Å²) in [6, 6.07) is 0. The summed E-state index contributed by atoms with van der Waals surface area (Å²) in [5, 5.41) is 9.69. The van der Waals surface area contributed by atoms with Gasteiger partial charge in [0.15, 0.2) is 0 Å². The van der Waals surface area contributed by atoms with Gasteiger partial charge in [0.1, 0.15) is 0 Å². The third kappa shape index (κ3) is 6.19. The number of aliphatic hydroxyl groups is 1. The SMILES string of the molecule is CC(C)(C)c1ncc(CN(CCCO)CC(F)(F)F)s1. The molecule has 1 rings (SSSR count). The molecule has 0 fully saturated rings. The van der Waals surface area contributed by atoms with Crippen LogP contribution in [-0.4, -0.2) is 40.9 Å². The summed E-state index contributed by atoms with van der Waals surface area (Å²) in [5.74, 6) is 0. The van der Waals surface area contributed by atoms with E-state index in [1.807, 2.05) is 20.8 Å². The van der Waals surface area contributed by atoms with Gasteiger partial charge in [0.2, 0.25) is 0 Å². The molecule has 1 aromatic heterocycles. The Labute approximate surface area is 121 Å². The van der Waals surface area contributed by atoms with E-state index in [1.54, 1.807) is 6.20 Å². The Morgan fingerprint density at radius 3 is 2.40 bits per heavy atom. The molecule has 0 spiro atoms. The first-order chi connectivity index (χ1) is 9.12. The average Bonchev–Trinajstić information content (AvgIpc) is 2.72. The van der Waals surface area contributed by atoms with E-state index in [0.717, 1.165) is 9.88 Å². The Morgan fingerprint density at radius 2 is 1.95 bits per heavy atom. The molecule has 0 saturated carbocycles. The van der Waals surface area contributed by atoms with Gasteiger partial charge in [-0.1, -0.05) is 20.8 Å². The van der Waals surface area contributed by atoms with Crippen molar-refractivity contribution in [3.8, 4) is 0 Å². The fourth-order valence-corrected chi connectivity index (χ4v) is 2.72. The van der Waals surface area contributed by atoms with Gasteiger partial charge in [0.25, 0.3) is 0 Å². The molecule has 20 heavy (non-hydrogen) atoms. The third-order valence-corrected chi connectivity index (χ3v) is 4.02. The highest BCUT2D eigenvalue weighted by molar-refractivity contribution is 7.11. The van der Waals surface area contributed by atoms with Gasteiger partial charge in [0.05, 0.1) is 11.6 Å². The van der Waals surface area contributed by atoms with Crippen LogP contribution in [0.5, 0.6) is 0 Å². The minimum atomic E-state index is -4.23. The zero-order valence-electron chi connectivity index (χ0n) is 12.0. The summed E-state index contributed by atoms with van der Waals surface area (Å²) in [7, 11) is 0. The molecule has 0 aliphatic heterocycles. The van der Waals surface area contributed by atoms with Gasteiger partial charge >= 0.3 is 6.18 Å². The van der Waals surface area contributed by atoms with Crippen molar-refractivity contribution in [1.82, 2.24) is 9.88 Å². The lowest BCUT2D eigenvalue weighted by atomic mass is 9.98. The van der Waals surface area contributed by atoms with Crippen LogP contribution in [0.4, 0.5) is 13.2 Å². The van der Waals surface area contributed by atoms with Gasteiger partial charge in [0, 0.05) is 36.2 Å². The van der Waals surface area contributed by atoms with E-state index in [4.69, 9.17) is 5.11 Å². The first-order valence-electron chi connectivity index (χ1n) is 6.47. The molecule has 0 saturated heterocycles. The summed E-state index contributed by atoms with van der Waals surface area (Å²) in [4.78, 5) is 6.40. The molecular weight excluding hydrogens is 289 g/mol. The highest BCUT2D eigenvalue weighted by Crippen LogP contribution is 2.28. The van der Waals surface area contributed by atoms with Gasteiger partial charge in [-0.3, -0.25) is 4.90 Å². The van der Waals surface area contributed by atoms with Crippen molar-refractivity contribution in [2.45, 2.75) is 45.3 Å². The summed E-state index contributed by atoms with van der Waals surface area (Å²) in [5.41, 5.74) is -0.0944. The minimum absolute atomic E-state index is 0.0944. The number of halogens is 3. The second-order valence-corrected chi connectivity index (χ2v) is 6.90. The van der Waals surface area contributed by atoms with Crippen molar-refractivity contribution < 1.29 is 18.3 Å². The molecule has 1 N–H and O–H groups in total. The summed E-state index contributed by atoms with van der Waals surface area (Å²) in [6.07, 6.45) is -2.25. The average molecular weight is 310 g/mol. The van der Waals surface area contributed by atoms with Crippen molar-refractivity contribution in [3.05, 3.63) is 16.1 Å². The molecule has 1 aromatic rings. The Balaban J connectivity index is 2.71. The number of hydrogen-bond acceptors (Lipinski definition) is 4. The molecule has 1 heterocycles. The minimum Gasteiger partial charge on any atom is -0.396 e. The predicted octanol–water partition coefficient (Wildman–Crippen LogP) is 3.19. The first kappa shape index (κ1) is 17.4. The van der Waals surface area contributed by atoms with Crippen LogP contribution in [0, 0.1) is 0 Å². The molecular formula is C13H21F3N2OS. The van der Waals surface area contributed by atoms with E-state index < -0.39 is 12.7 Å². The van der Waals surface area contributed by atoms with Crippen LogP contribution < -0.4 is 0 Å². The largest absolute Gasteiger partial charge is 0.401 e. The smallest absolute Gasteiger partial charge is 0.396 e. The van der Waals surface area contributed by atoms with Gasteiger partial charge in [-0.25, -0.2) is 4.98 Å². The molecule has 116 valence electrons. The van der Waals surface area contributed by atoms with Crippen molar-refractivity contribution >= 4 is 11.3 Å². The Kier molecular flexibility index (Phi) is 5.97. The monoisotopic (exact) mass is 310 g/mol. The van der Waals surface area contributed by atoms with Gasteiger partial charge in [-0.05, 0) is 6.42 Å². The van der Waals surface area contributed by atoms with Crippen molar-refractivity contribution in [2.75, 3.05) is 19.7 Å². The number of aliphatic hydroxyl groups excluding tert-OH is 1. The molecule has 3 nitrogen and oxygen atoms in total. The van der Waals surface area contributed by atoms with Gasteiger partial charge < -0.3 is 5.11 Å². The maximum atomic E-state index is 12.5. The van der Waals surface area contributed by atoms with Crippen molar-refractivity contribution in [1.29, 1.82) is 0 Å². The van der Waals surface area contributed by atoms with Crippen LogP contribution in [0.25, 0.3) is 0 Å². The zero-order valence-corrected chi connectivity index (χ0v) is 12.8. The van der Waals surface area contributed by atoms with E-state index in [1.165, 1.54) is 16.2 Å². The summed E-state index contributed by atoms with van der Waals surface area (Å²) < 4.78 is 37.5. The number of alkyl halides is 3. The maximum Gasteiger partial charge on any atom is 0.401 e. The topological polar surface area (TPSA) is 36.4 Å². The number of aromatic nitrogens is 1. The highest BCUT2D eigenvalue weighted by Gasteiger charge is 2.31. The lowest BCUT2D eigenvalue weighted by molar-refractivity contribution is -0.147. The van der Waals surface area contributed by atoms with E-state index in [2.05, 4.69) is 4.98 Å². The highest BCUT2D eigenvalue weighted by atomic mass is 32.1. The van der Waals surface area contributed by atoms with Crippen LogP contribution in [-0.2, 0) is 12.0 Å². The molecule has 0 aliphatic rings. The Hall–Kier alpha value is -0.660. The number of thiazole rings is 1. The Morgan fingerprint density at radius 1 is 1.30 bits per heavy atom. The van der Waals surface area contributed by atoms with Crippen molar-refractivity contribution in [3.63, 3.8) is 0 Å². The zero-order chi connectivity index (χ0) is 15.4. The lowest BCUT2D eigenvalue weighted by Crippen LogP contribution is -2.34. The van der Waals surface area contributed by atoms with Gasteiger partial charge in [-0.2, -0.15) is 13.2 Å². The second-order valence-electron chi connectivity index (χ2n) is 5.78. The molecule has 0 aliphatic carbocycles. The molecule has 7 heteroatoms. The number of hydrogen-bond donors (Lipinski definition) is 1. The molecule has 0 unspecified atom stereocenters. The lowest BCUT2D eigenvalue weighted by Gasteiger charge is -2.22. The quantitative estimate of drug-likeness (QED) is 0.876. The third-order valence-electron chi connectivity index (χ3n) is 2.61. The van der Waals surface area contributed by atoms with Crippen LogP contribution in [0.3, 0.4) is 0 Å². The van der Waals surface area contributed by atoms with E-state index >= 15 is 0 Å². The normalized spacial score (nSPS) is 13.2. The molecule has 0 aromatic carbocycles. The summed E-state index contributed by atoms with van der Waals surface area (Å²) >= 11 is 1.44. The second kappa shape index (κ2) is 6.87. The van der Waals surface area contributed by atoms with Crippen molar-refractivity contribution in [2.24, 2.45) is 0 Å². The standard InChI is InChI=1S/C13H21F3N2OS/c1-12(2,3)11-17-7-10(20-11)8-18(5-4-6-19)9-13(14,15)16/h7,19H,4-6,8-9H2,1-3H3. The molecule has 0 amide bonds. The van der Waals surface area contributed by atoms with E-state index in [9.17, 15) is 13.2 Å². The van der Waals surface area contributed by atoms with E-state index in [-0.39, 0.29) is 25.1 Å². The predicted molar refractivity (Wildman–Crippen MR) is 73.8 cm³/mol. The Bertz CT molecular complexity index is 412. The van der Waals surface area contributed by atoms with Crippen LogP contribution in [0.1, 0.15) is 37.1 Å². The van der Waals surface area contributed by atoms with Crippen LogP contribution in [0.2, 0.25) is 0 Å². The maximum absolute atomic E-state index is 12.5. The van der Waals surface area contributed by atoms with Gasteiger partial charge in [-0.15, -0.1) is 11.3 Å².